The van der Waals surface area contributed by atoms with Crippen molar-refractivity contribution < 1.29 is 4.79 Å². The van der Waals surface area contributed by atoms with Gasteiger partial charge in [0.2, 0.25) is 0 Å². The van der Waals surface area contributed by atoms with Crippen molar-refractivity contribution in [2.24, 2.45) is 0 Å². The van der Waals surface area contributed by atoms with Crippen molar-refractivity contribution in [2.45, 2.75) is 18.9 Å². The van der Waals surface area contributed by atoms with Gasteiger partial charge in [0.25, 0.3) is 0 Å². The highest BCUT2D eigenvalue weighted by molar-refractivity contribution is 5.86. The molecule has 3 nitrogen and oxygen atoms in total. The molecule has 0 unspecified atom stereocenters. The van der Waals surface area contributed by atoms with Crippen LogP contribution >= 0.6 is 12.4 Å². The molecule has 2 saturated heterocycles. The van der Waals surface area contributed by atoms with E-state index in [2.05, 4.69) is 10.2 Å². The predicted octanol–water partition coefficient (Wildman–Crippen LogP) is 0.00240. The minimum atomic E-state index is 0. The van der Waals surface area contributed by atoms with E-state index in [4.69, 9.17) is 0 Å². The Labute approximate surface area is 72.5 Å². The number of carbonyl (C=O) groups excluding carboxylic acids is 1. The van der Waals surface area contributed by atoms with E-state index in [1.165, 1.54) is 6.42 Å². The lowest BCUT2D eigenvalue weighted by atomic mass is 10.1. The summed E-state index contributed by atoms with van der Waals surface area (Å²) in [6.45, 7) is 2.60. The molecule has 0 radical (unpaired) electrons. The van der Waals surface area contributed by atoms with Crippen LogP contribution in [-0.4, -0.2) is 36.5 Å². The molecule has 0 amide bonds. The molecule has 2 heterocycles. The van der Waals surface area contributed by atoms with Gasteiger partial charge in [0.1, 0.15) is 0 Å². The zero-order chi connectivity index (χ0) is 6.97. The van der Waals surface area contributed by atoms with Gasteiger partial charge in [0.05, 0.1) is 12.6 Å². The number of carbonyl (C=O) groups is 1. The molecule has 11 heavy (non-hydrogen) atoms. The van der Waals surface area contributed by atoms with Crippen LogP contribution in [0.1, 0.15) is 12.8 Å². The third kappa shape index (κ3) is 1.55. The number of rotatable bonds is 0. The minimum Gasteiger partial charge on any atom is -0.297 e. The Bertz CT molecular complexity index is 163. The molecule has 1 N–H and O–H groups in total. The second-order valence-electron chi connectivity index (χ2n) is 3.02. The van der Waals surface area contributed by atoms with Crippen LogP contribution in [0.25, 0.3) is 0 Å². The SMILES string of the molecule is Cl.O=C1CNCN2CCC[C@@H]12. The topological polar surface area (TPSA) is 32.3 Å². The van der Waals surface area contributed by atoms with Crippen LogP contribution in [0.5, 0.6) is 0 Å². The lowest BCUT2D eigenvalue weighted by molar-refractivity contribution is -0.124. The third-order valence-electron chi connectivity index (χ3n) is 2.35. The van der Waals surface area contributed by atoms with Gasteiger partial charge in [-0.1, -0.05) is 0 Å². The van der Waals surface area contributed by atoms with Gasteiger partial charge >= 0.3 is 0 Å². The number of hydrogen-bond acceptors (Lipinski definition) is 3. The van der Waals surface area contributed by atoms with Gasteiger partial charge in [0, 0.05) is 13.2 Å². The second-order valence-corrected chi connectivity index (χ2v) is 3.02. The Morgan fingerprint density at radius 2 is 2.36 bits per heavy atom. The number of ketones is 1. The number of nitrogens with zero attached hydrogens (tertiary/aromatic N) is 1. The fourth-order valence-corrected chi connectivity index (χ4v) is 1.82. The molecule has 2 fully saturated rings. The lowest BCUT2D eigenvalue weighted by Gasteiger charge is -2.28. The van der Waals surface area contributed by atoms with E-state index in [-0.39, 0.29) is 18.4 Å². The maximum atomic E-state index is 11.2. The summed E-state index contributed by atoms with van der Waals surface area (Å²) in [5, 5.41) is 3.08. The van der Waals surface area contributed by atoms with E-state index in [1.54, 1.807) is 0 Å². The van der Waals surface area contributed by atoms with E-state index in [1.807, 2.05) is 0 Å². The second kappa shape index (κ2) is 3.52. The van der Waals surface area contributed by atoms with E-state index >= 15 is 0 Å². The Hall–Kier alpha value is -0.120. The lowest BCUT2D eigenvalue weighted by Crippen LogP contribution is -2.51. The first-order valence-electron chi connectivity index (χ1n) is 3.85. The number of fused-ring (bicyclic) bond motifs is 1. The molecule has 0 saturated carbocycles. The maximum Gasteiger partial charge on any atom is 0.163 e. The van der Waals surface area contributed by atoms with Crippen LogP contribution in [0.15, 0.2) is 0 Å². The molecule has 0 aliphatic carbocycles. The number of nitrogens with one attached hydrogen (secondary N) is 1. The van der Waals surface area contributed by atoms with Crippen LogP contribution < -0.4 is 5.32 Å². The van der Waals surface area contributed by atoms with Crippen LogP contribution in [0, 0.1) is 0 Å². The monoisotopic (exact) mass is 176 g/mol. The van der Waals surface area contributed by atoms with Crippen LogP contribution in [-0.2, 0) is 4.79 Å². The molecule has 2 aliphatic rings. The molecule has 0 spiro atoms. The van der Waals surface area contributed by atoms with Gasteiger partial charge in [-0.15, -0.1) is 12.4 Å². The van der Waals surface area contributed by atoms with Crippen molar-refractivity contribution in [1.29, 1.82) is 0 Å². The van der Waals surface area contributed by atoms with Crippen molar-refractivity contribution in [1.82, 2.24) is 10.2 Å². The Balaban J connectivity index is 0.000000605. The summed E-state index contributed by atoms with van der Waals surface area (Å²) in [4.78, 5) is 13.4. The van der Waals surface area contributed by atoms with Gasteiger partial charge < -0.3 is 0 Å². The number of Topliss-reactive ketones (excluding diaryl/α,β-unsaturated/α-hetero) is 1. The maximum absolute atomic E-state index is 11.2. The van der Waals surface area contributed by atoms with Crippen LogP contribution in [0.2, 0.25) is 0 Å². The first kappa shape index (κ1) is 8.97. The first-order valence-corrected chi connectivity index (χ1v) is 3.85. The highest BCUT2D eigenvalue weighted by atomic mass is 35.5. The van der Waals surface area contributed by atoms with E-state index in [0.717, 1.165) is 19.6 Å². The van der Waals surface area contributed by atoms with Crippen LogP contribution in [0.3, 0.4) is 0 Å². The molecule has 0 aromatic carbocycles. The molecular formula is C7H13ClN2O. The average Bonchev–Trinajstić information content (AvgIpc) is 2.36. The van der Waals surface area contributed by atoms with Crippen molar-refractivity contribution in [3.05, 3.63) is 0 Å². The molecule has 2 rings (SSSR count). The normalized spacial score (nSPS) is 31.3. The zero-order valence-corrected chi connectivity index (χ0v) is 7.19. The molecular weight excluding hydrogens is 164 g/mol. The molecule has 64 valence electrons. The summed E-state index contributed by atoms with van der Waals surface area (Å²) in [5.74, 6) is 0.378. The third-order valence-corrected chi connectivity index (χ3v) is 2.35. The summed E-state index contributed by atoms with van der Waals surface area (Å²) in [6.07, 6.45) is 2.28. The summed E-state index contributed by atoms with van der Waals surface area (Å²) in [7, 11) is 0. The zero-order valence-electron chi connectivity index (χ0n) is 6.38. The fraction of sp³-hybridized carbons (Fsp3) is 0.857. The van der Waals surface area contributed by atoms with Crippen molar-refractivity contribution in [2.75, 3.05) is 19.8 Å². The van der Waals surface area contributed by atoms with Crippen molar-refractivity contribution >= 4 is 18.2 Å². The Morgan fingerprint density at radius 3 is 3.09 bits per heavy atom. The summed E-state index contributed by atoms with van der Waals surface area (Å²) < 4.78 is 0. The fourth-order valence-electron chi connectivity index (χ4n) is 1.82. The summed E-state index contributed by atoms with van der Waals surface area (Å²) >= 11 is 0. The van der Waals surface area contributed by atoms with Gasteiger partial charge in [-0.25, -0.2) is 0 Å². The Kier molecular flexibility index (Phi) is 2.87. The van der Waals surface area contributed by atoms with Crippen molar-refractivity contribution in [3.8, 4) is 0 Å². The van der Waals surface area contributed by atoms with E-state index < -0.39 is 0 Å². The minimum absolute atomic E-state index is 0. The molecule has 0 aromatic rings. The number of halogens is 1. The summed E-state index contributed by atoms with van der Waals surface area (Å²) in [6, 6.07) is 0.265. The predicted molar refractivity (Wildman–Crippen MR) is 44.9 cm³/mol. The van der Waals surface area contributed by atoms with Gasteiger partial charge in [-0.2, -0.15) is 0 Å². The smallest absolute Gasteiger partial charge is 0.163 e. The molecule has 1 atom stereocenters. The van der Waals surface area contributed by atoms with Crippen molar-refractivity contribution in [3.63, 3.8) is 0 Å². The average molecular weight is 177 g/mol. The van der Waals surface area contributed by atoms with Gasteiger partial charge in [0.15, 0.2) is 5.78 Å². The summed E-state index contributed by atoms with van der Waals surface area (Å²) in [5.41, 5.74) is 0. The standard InChI is InChI=1S/C7H12N2O.ClH/c10-7-4-8-5-9-3-1-2-6(7)9;/h6,8H,1-5H2;1H/t6-;/m0./s1. The van der Waals surface area contributed by atoms with E-state index in [0.29, 0.717) is 12.3 Å². The van der Waals surface area contributed by atoms with Crippen LogP contribution in [0.4, 0.5) is 0 Å². The van der Waals surface area contributed by atoms with E-state index in [9.17, 15) is 4.79 Å². The molecule has 0 bridgehead atoms. The molecule has 2 aliphatic heterocycles. The number of hydrogen-bond donors (Lipinski definition) is 1. The Morgan fingerprint density at radius 1 is 1.55 bits per heavy atom. The highest BCUT2D eigenvalue weighted by Crippen LogP contribution is 2.18. The van der Waals surface area contributed by atoms with Gasteiger partial charge in [-0.3, -0.25) is 15.0 Å². The largest absolute Gasteiger partial charge is 0.297 e. The first-order chi connectivity index (χ1) is 4.88. The molecule has 0 aromatic heterocycles. The molecule has 4 heteroatoms. The highest BCUT2D eigenvalue weighted by Gasteiger charge is 2.32. The van der Waals surface area contributed by atoms with Gasteiger partial charge in [-0.05, 0) is 12.8 Å². The quantitative estimate of drug-likeness (QED) is 0.564.